The van der Waals surface area contributed by atoms with Crippen LogP contribution in [0.15, 0.2) is 52.9 Å². The molecule has 1 unspecified atom stereocenters. The molecule has 11 heteroatoms. The Morgan fingerprint density at radius 1 is 1.19 bits per heavy atom. The topological polar surface area (TPSA) is 105 Å². The molecule has 156 valence electrons. The highest BCUT2D eigenvalue weighted by atomic mass is 32.2. The van der Waals surface area contributed by atoms with Gasteiger partial charge in [0.15, 0.2) is 10.9 Å². The van der Waals surface area contributed by atoms with Crippen LogP contribution in [0.1, 0.15) is 20.8 Å². The lowest BCUT2D eigenvalue weighted by Gasteiger charge is -2.20. The summed E-state index contributed by atoms with van der Waals surface area (Å²) >= 11 is 2.38. The molecule has 1 spiro atoms. The third kappa shape index (κ3) is 2.81. The predicted molar refractivity (Wildman–Crippen MR) is 118 cm³/mol. The maximum atomic E-state index is 13.0. The number of hydrogen-bond acceptors (Lipinski definition) is 8. The summed E-state index contributed by atoms with van der Waals surface area (Å²) in [6.45, 7) is 2.25. The Bertz CT molecular complexity index is 1490. The average molecular weight is 471 g/mol. The number of nitrogens with zero attached hydrogens (tertiary/aromatic N) is 3. The minimum absolute atomic E-state index is 0.177. The van der Waals surface area contributed by atoms with Gasteiger partial charge >= 0.3 is 0 Å². The number of epoxide rings is 1. The van der Waals surface area contributed by atoms with Gasteiger partial charge in [0.2, 0.25) is 0 Å². The first-order valence-corrected chi connectivity index (χ1v) is 12.4. The molecule has 2 aliphatic heterocycles. The second-order valence-electron chi connectivity index (χ2n) is 7.26. The monoisotopic (exact) mass is 470 g/mol. The number of carbonyl (C=O) groups excluding carboxylic acids is 1. The third-order valence-corrected chi connectivity index (χ3v) is 9.13. The van der Waals surface area contributed by atoms with E-state index in [1.807, 2.05) is 25.1 Å². The Balaban J connectivity index is 1.36. The fourth-order valence-electron chi connectivity index (χ4n) is 3.77. The minimum Gasteiger partial charge on any atom is -0.343 e. The van der Waals surface area contributed by atoms with Crippen LogP contribution in [0.25, 0.3) is 10.2 Å². The Hall–Kier alpha value is -2.86. The van der Waals surface area contributed by atoms with Crippen LogP contribution in [0.3, 0.4) is 0 Å². The lowest BCUT2D eigenvalue weighted by Crippen LogP contribution is -2.35. The number of nitrogens with one attached hydrogen (secondary N) is 1. The van der Waals surface area contributed by atoms with Gasteiger partial charge in [-0.25, -0.2) is 18.4 Å². The number of amides is 1. The van der Waals surface area contributed by atoms with Gasteiger partial charge < -0.3 is 4.74 Å². The number of hydrogen-bond donors (Lipinski definition) is 1. The quantitative estimate of drug-likeness (QED) is 0.456. The van der Waals surface area contributed by atoms with Gasteiger partial charge in [-0.2, -0.15) is 0 Å². The smallest absolute Gasteiger partial charge is 0.273 e. The molecule has 6 rings (SSSR count). The summed E-state index contributed by atoms with van der Waals surface area (Å²) in [5.74, 6) is 0.240. The second kappa shape index (κ2) is 6.33. The number of sulfonamides is 1. The molecule has 5 heterocycles. The number of rotatable bonds is 4. The van der Waals surface area contributed by atoms with E-state index < -0.39 is 15.7 Å². The van der Waals surface area contributed by atoms with Crippen molar-refractivity contribution in [2.24, 2.45) is 0 Å². The Labute approximate surface area is 185 Å². The van der Waals surface area contributed by atoms with Crippen LogP contribution < -0.4 is 9.62 Å². The first-order chi connectivity index (χ1) is 14.9. The van der Waals surface area contributed by atoms with Crippen LogP contribution >= 0.6 is 22.7 Å². The highest BCUT2D eigenvalue weighted by Crippen LogP contribution is 2.51. The molecule has 8 nitrogen and oxygen atoms in total. The zero-order valence-electron chi connectivity index (χ0n) is 16.0. The number of thiazole rings is 1. The fourth-order valence-corrected chi connectivity index (χ4v) is 7.10. The highest BCUT2D eigenvalue weighted by molar-refractivity contribution is 7.94. The summed E-state index contributed by atoms with van der Waals surface area (Å²) < 4.78 is 34.4. The van der Waals surface area contributed by atoms with E-state index in [9.17, 15) is 13.2 Å². The van der Waals surface area contributed by atoms with E-state index >= 15 is 0 Å². The summed E-state index contributed by atoms with van der Waals surface area (Å²) in [6, 6.07) is 12.4. The number of pyridine rings is 1. The van der Waals surface area contributed by atoms with Gasteiger partial charge in [-0.15, -0.1) is 11.3 Å². The Kier molecular flexibility index (Phi) is 3.85. The Morgan fingerprint density at radius 2 is 2.00 bits per heavy atom. The molecule has 1 saturated heterocycles. The van der Waals surface area contributed by atoms with Crippen LogP contribution in [0.2, 0.25) is 0 Å². The van der Waals surface area contributed by atoms with Gasteiger partial charge in [-0.1, -0.05) is 29.5 Å². The van der Waals surface area contributed by atoms with Gasteiger partial charge in [-0.05, 0) is 25.1 Å². The number of aryl methyl sites for hydroxylation is 1. The maximum Gasteiger partial charge on any atom is 0.273 e. The molecule has 1 fully saturated rings. The van der Waals surface area contributed by atoms with Gasteiger partial charge in [0.1, 0.15) is 16.6 Å². The van der Waals surface area contributed by atoms with Crippen LogP contribution in [0.4, 0.5) is 10.9 Å². The van der Waals surface area contributed by atoms with Crippen LogP contribution in [0, 0.1) is 6.92 Å². The summed E-state index contributed by atoms with van der Waals surface area (Å²) in [5, 5.41) is 0.244. The van der Waals surface area contributed by atoms with Crippen molar-refractivity contribution in [1.82, 2.24) is 9.97 Å². The first-order valence-electron chi connectivity index (χ1n) is 9.31. The molecule has 0 saturated carbocycles. The van der Waals surface area contributed by atoms with E-state index in [4.69, 9.17) is 4.74 Å². The van der Waals surface area contributed by atoms with Crippen molar-refractivity contribution in [3.8, 4) is 0 Å². The molecule has 0 radical (unpaired) electrons. The molecule has 31 heavy (non-hydrogen) atoms. The predicted octanol–water partition coefficient (Wildman–Crippen LogP) is 3.71. The van der Waals surface area contributed by atoms with E-state index in [1.165, 1.54) is 22.7 Å². The van der Waals surface area contributed by atoms with E-state index in [2.05, 4.69) is 14.7 Å². The second-order valence-corrected chi connectivity index (χ2v) is 11.5. The molecule has 1 N–H and O–H groups in total. The van der Waals surface area contributed by atoms with Crippen molar-refractivity contribution < 1.29 is 17.9 Å². The maximum absolute atomic E-state index is 13.0. The van der Waals surface area contributed by atoms with Gasteiger partial charge in [0, 0.05) is 28.3 Å². The zero-order valence-corrected chi connectivity index (χ0v) is 18.5. The molecule has 2 aliphatic rings. The SMILES string of the molecule is Cc1ccc(S(=O)(=O)Nc2nc3cc(N4C(=O)c5ccccc5C45CO5)ncc3s2)s1. The van der Waals surface area contributed by atoms with Crippen molar-refractivity contribution in [3.63, 3.8) is 0 Å². The number of anilines is 2. The molecule has 3 aromatic heterocycles. The van der Waals surface area contributed by atoms with Crippen molar-refractivity contribution >= 4 is 59.8 Å². The molecule has 1 aromatic carbocycles. The van der Waals surface area contributed by atoms with Crippen molar-refractivity contribution in [1.29, 1.82) is 0 Å². The summed E-state index contributed by atoms with van der Waals surface area (Å²) in [6.07, 6.45) is 1.60. The number of thiophene rings is 1. The molecular weight excluding hydrogens is 456 g/mol. The van der Waals surface area contributed by atoms with E-state index in [1.54, 1.807) is 35.4 Å². The van der Waals surface area contributed by atoms with E-state index in [-0.39, 0.29) is 15.2 Å². The molecule has 1 atom stereocenters. The van der Waals surface area contributed by atoms with Gasteiger partial charge in [0.05, 0.1) is 10.2 Å². The average Bonchev–Trinajstić information content (AvgIpc) is 3.11. The number of fused-ring (bicyclic) bond motifs is 3. The third-order valence-electron chi connectivity index (χ3n) is 5.25. The van der Waals surface area contributed by atoms with Gasteiger partial charge in [-0.3, -0.25) is 14.4 Å². The molecule has 0 bridgehead atoms. The molecule has 0 aliphatic carbocycles. The lowest BCUT2D eigenvalue weighted by molar-refractivity contribution is 0.0973. The minimum atomic E-state index is -3.71. The normalized spacial score (nSPS) is 19.9. The highest BCUT2D eigenvalue weighted by Gasteiger charge is 2.61. The standard InChI is InChI=1S/C20H14N4O4S3/c1-11-6-7-17(29-11)31(26,27)23-19-22-14-8-16(21-9-15(14)30-19)24-18(25)12-4-2-3-5-13(12)20(24)10-28-20/h2-9H,10H2,1H3,(H,22,23). The Morgan fingerprint density at radius 3 is 2.74 bits per heavy atom. The van der Waals surface area contributed by atoms with E-state index in [0.717, 1.165) is 10.4 Å². The van der Waals surface area contributed by atoms with Crippen LogP contribution in [-0.4, -0.2) is 30.9 Å². The summed E-state index contributed by atoms with van der Waals surface area (Å²) in [5.41, 5.74) is 1.17. The first kappa shape index (κ1) is 18.9. The molecule has 1 amide bonds. The van der Waals surface area contributed by atoms with Crippen molar-refractivity contribution in [3.05, 3.63) is 64.7 Å². The number of ether oxygens (including phenoxy) is 1. The van der Waals surface area contributed by atoms with Crippen molar-refractivity contribution in [2.75, 3.05) is 16.2 Å². The van der Waals surface area contributed by atoms with Gasteiger partial charge in [0.25, 0.3) is 15.9 Å². The molecular formula is C20H14N4O4S3. The lowest BCUT2D eigenvalue weighted by atomic mass is 10.1. The summed E-state index contributed by atoms with van der Waals surface area (Å²) in [4.78, 5) is 24.4. The number of aromatic nitrogens is 2. The van der Waals surface area contributed by atoms with Crippen molar-refractivity contribution in [2.45, 2.75) is 16.9 Å². The van der Waals surface area contributed by atoms with Crippen LogP contribution in [0.5, 0.6) is 0 Å². The molecule has 4 aromatic rings. The largest absolute Gasteiger partial charge is 0.343 e. The number of benzene rings is 1. The van der Waals surface area contributed by atoms with Crippen LogP contribution in [-0.2, 0) is 20.5 Å². The summed E-state index contributed by atoms with van der Waals surface area (Å²) in [7, 11) is -3.71. The van der Waals surface area contributed by atoms with E-state index in [0.29, 0.717) is 28.2 Å². The zero-order chi connectivity index (χ0) is 21.4. The number of carbonyl (C=O) groups is 1. The fraction of sp³-hybridized carbons (Fsp3) is 0.150.